The SMILES string of the molecule is CC(C)(C)OC(=O)Nc1cc2c([nH]c3ccccc32)c(-c2ccc([N+](=O)[O-])cc2)n1. The Labute approximate surface area is 172 Å². The van der Waals surface area contributed by atoms with Crippen molar-refractivity contribution in [2.24, 2.45) is 0 Å². The fraction of sp³-hybridized carbons (Fsp3) is 0.182. The summed E-state index contributed by atoms with van der Waals surface area (Å²) in [7, 11) is 0. The highest BCUT2D eigenvalue weighted by atomic mass is 16.6. The minimum Gasteiger partial charge on any atom is -0.444 e. The molecule has 0 spiro atoms. The molecular weight excluding hydrogens is 384 g/mol. The normalized spacial score (nSPS) is 11.6. The molecule has 0 saturated heterocycles. The first-order valence-electron chi connectivity index (χ1n) is 9.37. The fourth-order valence-electron chi connectivity index (χ4n) is 3.27. The number of ether oxygens (including phenoxy) is 1. The highest BCUT2D eigenvalue weighted by Crippen LogP contribution is 2.34. The second-order valence-corrected chi connectivity index (χ2v) is 7.88. The van der Waals surface area contributed by atoms with Crippen LogP contribution in [0.4, 0.5) is 16.3 Å². The minimum atomic E-state index is -0.643. The first-order valence-corrected chi connectivity index (χ1v) is 9.37. The zero-order valence-corrected chi connectivity index (χ0v) is 16.7. The van der Waals surface area contributed by atoms with Crippen LogP contribution in [0.5, 0.6) is 0 Å². The number of fused-ring (bicyclic) bond motifs is 3. The van der Waals surface area contributed by atoms with Crippen molar-refractivity contribution in [3.63, 3.8) is 0 Å². The molecule has 0 atom stereocenters. The van der Waals surface area contributed by atoms with Crippen LogP contribution in [0.1, 0.15) is 20.8 Å². The summed E-state index contributed by atoms with van der Waals surface area (Å²) in [5.41, 5.74) is 2.31. The molecule has 2 heterocycles. The van der Waals surface area contributed by atoms with Crippen molar-refractivity contribution in [1.29, 1.82) is 0 Å². The van der Waals surface area contributed by atoms with Crippen LogP contribution in [0.25, 0.3) is 33.1 Å². The van der Waals surface area contributed by atoms with E-state index in [1.54, 1.807) is 39.0 Å². The summed E-state index contributed by atoms with van der Waals surface area (Å²) in [6.45, 7) is 5.35. The van der Waals surface area contributed by atoms with Crippen LogP contribution in [-0.4, -0.2) is 26.6 Å². The molecule has 0 aliphatic heterocycles. The number of nitrogens with zero attached hydrogens (tertiary/aromatic N) is 2. The van der Waals surface area contributed by atoms with Gasteiger partial charge in [0, 0.05) is 34.0 Å². The van der Waals surface area contributed by atoms with Crippen molar-refractivity contribution in [3.8, 4) is 11.3 Å². The van der Waals surface area contributed by atoms with Gasteiger partial charge in [0.2, 0.25) is 0 Å². The van der Waals surface area contributed by atoms with E-state index in [1.165, 1.54) is 12.1 Å². The number of hydrogen-bond acceptors (Lipinski definition) is 5. The smallest absolute Gasteiger partial charge is 0.413 e. The molecule has 8 nitrogen and oxygen atoms in total. The summed E-state index contributed by atoms with van der Waals surface area (Å²) in [6, 6.07) is 15.7. The summed E-state index contributed by atoms with van der Waals surface area (Å²) in [5, 5.41) is 15.5. The summed E-state index contributed by atoms with van der Waals surface area (Å²) >= 11 is 0. The van der Waals surface area contributed by atoms with E-state index in [-0.39, 0.29) is 5.69 Å². The molecule has 0 radical (unpaired) electrons. The summed E-state index contributed by atoms with van der Waals surface area (Å²) < 4.78 is 5.34. The number of hydrogen-bond donors (Lipinski definition) is 2. The lowest BCUT2D eigenvalue weighted by molar-refractivity contribution is -0.384. The van der Waals surface area contributed by atoms with Crippen molar-refractivity contribution in [2.45, 2.75) is 26.4 Å². The zero-order valence-electron chi connectivity index (χ0n) is 16.7. The number of H-pyrrole nitrogens is 1. The van der Waals surface area contributed by atoms with E-state index < -0.39 is 16.6 Å². The Morgan fingerprint density at radius 1 is 1.10 bits per heavy atom. The number of nitro benzene ring substituents is 1. The molecule has 0 aliphatic rings. The fourth-order valence-corrected chi connectivity index (χ4v) is 3.27. The molecule has 0 saturated carbocycles. The number of para-hydroxylation sites is 1. The predicted octanol–water partition coefficient (Wildman–Crippen LogP) is 5.64. The molecule has 30 heavy (non-hydrogen) atoms. The van der Waals surface area contributed by atoms with E-state index in [0.29, 0.717) is 17.1 Å². The van der Waals surface area contributed by atoms with Crippen molar-refractivity contribution in [3.05, 3.63) is 64.7 Å². The van der Waals surface area contributed by atoms with Crippen molar-refractivity contribution in [2.75, 3.05) is 5.32 Å². The van der Waals surface area contributed by atoms with E-state index in [4.69, 9.17) is 4.74 Å². The van der Waals surface area contributed by atoms with Gasteiger partial charge in [0.25, 0.3) is 5.69 Å². The van der Waals surface area contributed by atoms with Gasteiger partial charge >= 0.3 is 6.09 Å². The van der Waals surface area contributed by atoms with Gasteiger partial charge in [-0.05, 0) is 45.0 Å². The highest BCUT2D eigenvalue weighted by Gasteiger charge is 2.19. The lowest BCUT2D eigenvalue weighted by Crippen LogP contribution is -2.27. The Morgan fingerprint density at radius 3 is 2.47 bits per heavy atom. The summed E-state index contributed by atoms with van der Waals surface area (Å²) in [5.74, 6) is 0.329. The van der Waals surface area contributed by atoms with Crippen LogP contribution in [0, 0.1) is 10.1 Å². The van der Waals surface area contributed by atoms with E-state index in [1.807, 2.05) is 24.3 Å². The Hall–Kier alpha value is -3.94. The van der Waals surface area contributed by atoms with Gasteiger partial charge in [-0.25, -0.2) is 9.78 Å². The average molecular weight is 404 g/mol. The van der Waals surface area contributed by atoms with E-state index >= 15 is 0 Å². The van der Waals surface area contributed by atoms with Crippen molar-refractivity contribution >= 4 is 39.4 Å². The molecule has 2 aromatic carbocycles. The van der Waals surface area contributed by atoms with Crippen LogP contribution in [0.2, 0.25) is 0 Å². The first-order chi connectivity index (χ1) is 14.2. The number of pyridine rings is 1. The van der Waals surface area contributed by atoms with Crippen LogP contribution >= 0.6 is 0 Å². The van der Waals surface area contributed by atoms with Gasteiger partial charge < -0.3 is 9.72 Å². The second-order valence-electron chi connectivity index (χ2n) is 7.88. The maximum absolute atomic E-state index is 12.3. The van der Waals surface area contributed by atoms with Crippen molar-refractivity contribution in [1.82, 2.24) is 9.97 Å². The Morgan fingerprint density at radius 2 is 1.80 bits per heavy atom. The summed E-state index contributed by atoms with van der Waals surface area (Å²) in [4.78, 5) is 30.8. The van der Waals surface area contributed by atoms with E-state index in [9.17, 15) is 14.9 Å². The molecule has 2 N–H and O–H groups in total. The molecule has 152 valence electrons. The van der Waals surface area contributed by atoms with Gasteiger partial charge in [0.1, 0.15) is 11.4 Å². The van der Waals surface area contributed by atoms with Gasteiger partial charge in [0.15, 0.2) is 0 Å². The monoisotopic (exact) mass is 404 g/mol. The molecule has 8 heteroatoms. The average Bonchev–Trinajstić information content (AvgIpc) is 3.04. The first kappa shape index (κ1) is 19.4. The Kier molecular flexibility index (Phi) is 4.62. The van der Waals surface area contributed by atoms with Crippen LogP contribution in [0.3, 0.4) is 0 Å². The largest absolute Gasteiger partial charge is 0.444 e. The number of aromatic nitrogens is 2. The van der Waals surface area contributed by atoms with E-state index in [2.05, 4.69) is 15.3 Å². The number of nitrogens with one attached hydrogen (secondary N) is 2. The molecule has 2 aromatic heterocycles. The molecule has 1 amide bonds. The molecule has 0 fully saturated rings. The number of benzene rings is 2. The number of anilines is 1. The third kappa shape index (κ3) is 3.80. The van der Waals surface area contributed by atoms with Gasteiger partial charge in [-0.2, -0.15) is 0 Å². The third-order valence-electron chi connectivity index (χ3n) is 4.48. The maximum atomic E-state index is 12.3. The van der Waals surface area contributed by atoms with Crippen LogP contribution in [0.15, 0.2) is 54.6 Å². The van der Waals surface area contributed by atoms with Gasteiger partial charge in [-0.3, -0.25) is 15.4 Å². The second kappa shape index (κ2) is 7.14. The third-order valence-corrected chi connectivity index (χ3v) is 4.48. The number of amides is 1. The molecular formula is C22H20N4O4. The van der Waals surface area contributed by atoms with Crippen LogP contribution < -0.4 is 5.32 Å². The van der Waals surface area contributed by atoms with Gasteiger partial charge in [-0.15, -0.1) is 0 Å². The topological polar surface area (TPSA) is 110 Å². The van der Waals surface area contributed by atoms with Gasteiger partial charge in [-0.1, -0.05) is 18.2 Å². The molecule has 0 bridgehead atoms. The number of non-ortho nitro benzene ring substituents is 1. The number of carbonyl (C=O) groups excluding carboxylic acids is 1. The quantitative estimate of drug-likeness (QED) is 0.339. The molecule has 0 aliphatic carbocycles. The number of aromatic amines is 1. The van der Waals surface area contributed by atoms with Gasteiger partial charge in [0.05, 0.1) is 16.1 Å². The summed E-state index contributed by atoms with van der Waals surface area (Å²) in [6.07, 6.45) is -0.608. The minimum absolute atomic E-state index is 0.00493. The predicted molar refractivity (Wildman–Crippen MR) is 116 cm³/mol. The Bertz CT molecular complexity index is 1270. The van der Waals surface area contributed by atoms with Crippen LogP contribution in [-0.2, 0) is 4.74 Å². The molecule has 0 unspecified atom stereocenters. The maximum Gasteiger partial charge on any atom is 0.413 e. The lowest BCUT2D eigenvalue weighted by atomic mass is 10.1. The zero-order chi connectivity index (χ0) is 21.5. The highest BCUT2D eigenvalue weighted by molar-refractivity contribution is 6.12. The molecule has 4 rings (SSSR count). The lowest BCUT2D eigenvalue weighted by Gasteiger charge is -2.19. The van der Waals surface area contributed by atoms with E-state index in [0.717, 1.165) is 21.8 Å². The number of nitro groups is 1. The standard InChI is InChI=1S/C22H20N4O4/c1-22(2,3)30-21(27)25-18-12-16-15-6-4-5-7-17(15)23-20(16)19(24-18)13-8-10-14(11-9-13)26(28)29/h4-12,23H,1-3H3,(H,24,25,27). The Balaban J connectivity index is 1.86. The molecule has 4 aromatic rings. The van der Waals surface area contributed by atoms with Crippen molar-refractivity contribution < 1.29 is 14.5 Å². The number of carbonyl (C=O) groups is 1. The number of rotatable bonds is 3.